The Hall–Kier alpha value is -4.02. The van der Waals surface area contributed by atoms with Crippen LogP contribution < -0.4 is 10.6 Å². The van der Waals surface area contributed by atoms with Crippen LogP contribution >= 0.6 is 22.9 Å². The summed E-state index contributed by atoms with van der Waals surface area (Å²) in [7, 11) is 0. The van der Waals surface area contributed by atoms with E-state index in [0.29, 0.717) is 14.9 Å². The second-order valence-electron chi connectivity index (χ2n) is 10.7. The summed E-state index contributed by atoms with van der Waals surface area (Å²) in [6.07, 6.45) is 1.58. The zero-order valence-electron chi connectivity index (χ0n) is 23.2. The molecule has 8 nitrogen and oxygen atoms in total. The highest BCUT2D eigenvalue weighted by molar-refractivity contribution is 7.19. The number of hydrogen-bond acceptors (Lipinski definition) is 6. The van der Waals surface area contributed by atoms with Crippen molar-refractivity contribution in [3.05, 3.63) is 88.1 Å². The number of nitrogens with zero attached hydrogens (tertiary/aromatic N) is 2. The number of aromatic nitrogens is 2. The number of anilines is 1. The summed E-state index contributed by atoms with van der Waals surface area (Å²) in [5.41, 5.74) is 0.611. The van der Waals surface area contributed by atoms with Gasteiger partial charge in [-0.1, -0.05) is 43.6 Å². The van der Waals surface area contributed by atoms with Crippen LogP contribution in [-0.2, 0) is 9.53 Å². The van der Waals surface area contributed by atoms with Crippen LogP contribution in [0.3, 0.4) is 0 Å². The van der Waals surface area contributed by atoms with Crippen LogP contribution in [0.15, 0.2) is 66.9 Å². The van der Waals surface area contributed by atoms with Gasteiger partial charge in [0.1, 0.15) is 23.2 Å². The van der Waals surface area contributed by atoms with Crippen molar-refractivity contribution in [2.24, 2.45) is 5.92 Å². The van der Waals surface area contributed by atoms with Crippen molar-refractivity contribution in [3.63, 3.8) is 0 Å². The van der Waals surface area contributed by atoms with E-state index in [2.05, 4.69) is 15.7 Å². The van der Waals surface area contributed by atoms with Crippen molar-refractivity contribution in [2.45, 2.75) is 46.3 Å². The molecule has 0 aliphatic rings. The molecule has 4 aromatic rings. The normalized spacial score (nSPS) is 12.2. The van der Waals surface area contributed by atoms with E-state index >= 15 is 0 Å². The SMILES string of the molecule is CC(C)[C@H](NC(=O)c1cc(F)cc(NC(=O)c2cn(-c3ccccc3)nc2-c2ccc(Cl)s2)c1)C(=O)OC(C)(C)C. The standard InChI is InChI=1S/C30H30ClFN4O4S/c1-17(2)25(29(39)40-30(3,4)5)34-27(37)18-13-19(32)15-20(14-18)33-28(38)22-16-36(21-9-7-6-8-10-21)35-26(22)23-11-12-24(31)41-23/h6-17,25H,1-5H3,(H,33,38)(H,34,37)/t25-/m0/s1. The van der Waals surface area contributed by atoms with E-state index in [0.717, 1.165) is 17.8 Å². The second kappa shape index (κ2) is 12.2. The maximum atomic E-state index is 14.6. The quantitative estimate of drug-likeness (QED) is 0.219. The molecule has 2 heterocycles. The van der Waals surface area contributed by atoms with Crippen molar-refractivity contribution >= 4 is 46.4 Å². The fourth-order valence-electron chi connectivity index (χ4n) is 3.96. The first-order valence-electron chi connectivity index (χ1n) is 12.9. The van der Waals surface area contributed by atoms with Crippen LogP contribution in [0.2, 0.25) is 4.34 Å². The van der Waals surface area contributed by atoms with E-state index < -0.39 is 35.2 Å². The van der Waals surface area contributed by atoms with Crippen LogP contribution in [0.25, 0.3) is 16.3 Å². The predicted octanol–water partition coefficient (Wildman–Crippen LogP) is 6.74. The van der Waals surface area contributed by atoms with Crippen LogP contribution in [0.4, 0.5) is 10.1 Å². The van der Waals surface area contributed by atoms with Gasteiger partial charge >= 0.3 is 5.97 Å². The zero-order valence-corrected chi connectivity index (χ0v) is 24.8. The Kier molecular flexibility index (Phi) is 8.94. The number of benzene rings is 2. The molecule has 0 fully saturated rings. The first-order valence-corrected chi connectivity index (χ1v) is 14.1. The third-order valence-corrected chi connectivity index (χ3v) is 7.06. The Morgan fingerprint density at radius 1 is 1.02 bits per heavy atom. The Morgan fingerprint density at radius 2 is 1.73 bits per heavy atom. The monoisotopic (exact) mass is 596 g/mol. The van der Waals surface area contributed by atoms with Gasteiger partial charge in [-0.05, 0) is 69.2 Å². The lowest BCUT2D eigenvalue weighted by Crippen LogP contribution is -2.47. The summed E-state index contributed by atoms with van der Waals surface area (Å²) in [6, 6.07) is 15.3. The third-order valence-electron chi connectivity index (χ3n) is 5.82. The predicted molar refractivity (Wildman–Crippen MR) is 158 cm³/mol. The molecule has 0 radical (unpaired) electrons. The number of esters is 1. The van der Waals surface area contributed by atoms with E-state index in [1.165, 1.54) is 17.4 Å². The maximum Gasteiger partial charge on any atom is 0.329 e. The molecular weight excluding hydrogens is 567 g/mol. The van der Waals surface area contributed by atoms with Gasteiger partial charge in [0.25, 0.3) is 11.8 Å². The Morgan fingerprint density at radius 3 is 2.34 bits per heavy atom. The molecule has 1 atom stereocenters. The smallest absolute Gasteiger partial charge is 0.329 e. The van der Waals surface area contributed by atoms with Gasteiger partial charge in [0, 0.05) is 17.4 Å². The average Bonchev–Trinajstić information content (AvgIpc) is 3.52. The molecule has 4 rings (SSSR count). The van der Waals surface area contributed by atoms with E-state index in [1.807, 2.05) is 30.3 Å². The van der Waals surface area contributed by atoms with Crippen molar-refractivity contribution in [3.8, 4) is 16.3 Å². The summed E-state index contributed by atoms with van der Waals surface area (Å²) in [5, 5.41) is 9.91. The number of para-hydroxylation sites is 1. The molecule has 41 heavy (non-hydrogen) atoms. The average molecular weight is 597 g/mol. The number of amides is 2. The van der Waals surface area contributed by atoms with E-state index in [4.69, 9.17) is 16.3 Å². The van der Waals surface area contributed by atoms with Crippen LogP contribution in [0.1, 0.15) is 55.3 Å². The molecule has 0 spiro atoms. The summed E-state index contributed by atoms with van der Waals surface area (Å²) < 4.78 is 22.2. The van der Waals surface area contributed by atoms with Gasteiger partial charge in [-0.25, -0.2) is 13.9 Å². The minimum Gasteiger partial charge on any atom is -0.458 e. The first kappa shape index (κ1) is 30.0. The number of carbonyl (C=O) groups is 3. The number of hydrogen-bond donors (Lipinski definition) is 2. The highest BCUT2D eigenvalue weighted by Crippen LogP contribution is 2.33. The van der Waals surface area contributed by atoms with Crippen LogP contribution in [-0.4, -0.2) is 39.2 Å². The number of nitrogens with one attached hydrogen (secondary N) is 2. The summed E-state index contributed by atoms with van der Waals surface area (Å²) >= 11 is 7.41. The van der Waals surface area contributed by atoms with Gasteiger partial charge in [-0.3, -0.25) is 9.59 Å². The van der Waals surface area contributed by atoms with E-state index in [1.54, 1.807) is 57.6 Å². The number of carbonyl (C=O) groups excluding carboxylic acids is 3. The van der Waals surface area contributed by atoms with Crippen molar-refractivity contribution in [2.75, 3.05) is 5.32 Å². The molecule has 2 N–H and O–H groups in total. The van der Waals surface area contributed by atoms with Gasteiger partial charge in [0.2, 0.25) is 0 Å². The second-order valence-corrected chi connectivity index (χ2v) is 12.4. The number of thiophene rings is 1. The summed E-state index contributed by atoms with van der Waals surface area (Å²) in [5.74, 6) is -2.86. The molecule has 2 aromatic heterocycles. The van der Waals surface area contributed by atoms with Gasteiger partial charge in [0.05, 0.1) is 20.5 Å². The Balaban J connectivity index is 1.60. The maximum absolute atomic E-state index is 14.6. The van der Waals surface area contributed by atoms with E-state index in [-0.39, 0.29) is 22.7 Å². The lowest BCUT2D eigenvalue weighted by atomic mass is 10.0. The van der Waals surface area contributed by atoms with Crippen molar-refractivity contribution < 1.29 is 23.5 Å². The molecule has 2 aromatic carbocycles. The zero-order chi connectivity index (χ0) is 29.9. The molecule has 0 saturated heterocycles. The van der Waals surface area contributed by atoms with Gasteiger partial charge in [0.15, 0.2) is 0 Å². The molecule has 214 valence electrons. The van der Waals surface area contributed by atoms with Crippen LogP contribution in [0.5, 0.6) is 0 Å². The number of ether oxygens (including phenoxy) is 1. The van der Waals surface area contributed by atoms with Crippen molar-refractivity contribution in [1.82, 2.24) is 15.1 Å². The summed E-state index contributed by atoms with van der Waals surface area (Å²) in [6.45, 7) is 8.72. The highest BCUT2D eigenvalue weighted by Gasteiger charge is 2.30. The van der Waals surface area contributed by atoms with Crippen molar-refractivity contribution in [1.29, 1.82) is 0 Å². The number of halogens is 2. The molecule has 0 aliphatic heterocycles. The minimum atomic E-state index is -0.952. The van der Waals surface area contributed by atoms with Crippen LogP contribution in [0, 0.1) is 11.7 Å². The largest absolute Gasteiger partial charge is 0.458 e. The van der Waals surface area contributed by atoms with E-state index in [9.17, 15) is 18.8 Å². The fraction of sp³-hybridized carbons (Fsp3) is 0.267. The summed E-state index contributed by atoms with van der Waals surface area (Å²) in [4.78, 5) is 39.9. The molecule has 2 amide bonds. The first-order chi connectivity index (χ1) is 19.3. The topological polar surface area (TPSA) is 102 Å². The molecular formula is C30H30ClFN4O4S. The lowest BCUT2D eigenvalue weighted by Gasteiger charge is -2.26. The molecule has 0 bridgehead atoms. The molecule has 0 unspecified atom stereocenters. The molecule has 0 saturated carbocycles. The third kappa shape index (κ3) is 7.59. The minimum absolute atomic E-state index is 0.0566. The van der Waals surface area contributed by atoms with Gasteiger partial charge < -0.3 is 15.4 Å². The molecule has 11 heteroatoms. The number of rotatable bonds is 8. The van der Waals surface area contributed by atoms with Gasteiger partial charge in [-0.15, -0.1) is 11.3 Å². The highest BCUT2D eigenvalue weighted by atomic mass is 35.5. The lowest BCUT2D eigenvalue weighted by molar-refractivity contribution is -0.158. The van der Waals surface area contributed by atoms with Gasteiger partial charge in [-0.2, -0.15) is 5.10 Å². The Bertz CT molecular complexity index is 1580. The fourth-order valence-corrected chi connectivity index (χ4v) is 5.00. The Labute approximate surface area is 246 Å². The molecule has 0 aliphatic carbocycles.